The molecule has 2 aromatic carbocycles. The summed E-state index contributed by atoms with van der Waals surface area (Å²) in [5, 5.41) is 8.17. The molecule has 4 nitrogen and oxygen atoms in total. The smallest absolute Gasteiger partial charge is 0.339 e. The van der Waals surface area contributed by atoms with E-state index in [0.717, 1.165) is 36.3 Å². The van der Waals surface area contributed by atoms with E-state index < -0.39 is 5.97 Å². The third kappa shape index (κ3) is 4.59. The summed E-state index contributed by atoms with van der Waals surface area (Å²) in [7, 11) is 0. The van der Waals surface area contributed by atoms with Gasteiger partial charge in [0.15, 0.2) is 5.11 Å². The van der Waals surface area contributed by atoms with E-state index in [4.69, 9.17) is 40.2 Å². The van der Waals surface area contributed by atoms with E-state index in [0.29, 0.717) is 21.4 Å². The molecule has 0 spiro atoms. The highest BCUT2D eigenvalue weighted by Gasteiger charge is 2.37. The van der Waals surface area contributed by atoms with Crippen molar-refractivity contribution in [3.8, 4) is 0 Å². The third-order valence-corrected chi connectivity index (χ3v) is 5.78. The van der Waals surface area contributed by atoms with Crippen molar-refractivity contribution in [1.82, 2.24) is 5.32 Å². The van der Waals surface area contributed by atoms with Crippen molar-refractivity contribution in [2.45, 2.75) is 38.1 Å². The molecule has 0 aromatic heterocycles. The number of carbonyl (C=O) groups excluding carboxylic acids is 1. The van der Waals surface area contributed by atoms with Crippen LogP contribution >= 0.6 is 35.4 Å². The van der Waals surface area contributed by atoms with Gasteiger partial charge in [-0.25, -0.2) is 4.79 Å². The van der Waals surface area contributed by atoms with Crippen LogP contribution in [0.25, 0.3) is 0 Å². The number of benzene rings is 2. The van der Waals surface area contributed by atoms with Crippen molar-refractivity contribution in [1.29, 1.82) is 0 Å². The Kier molecular flexibility index (Phi) is 6.81. The molecular formula is C21H22Cl2N2O2S. The largest absolute Gasteiger partial charge is 0.462 e. The average Bonchev–Trinajstić information content (AvgIpc) is 3.13. The van der Waals surface area contributed by atoms with Gasteiger partial charge < -0.3 is 15.4 Å². The van der Waals surface area contributed by atoms with Gasteiger partial charge in [0.25, 0.3) is 0 Å². The maximum atomic E-state index is 12.1. The van der Waals surface area contributed by atoms with Crippen LogP contribution in [0.5, 0.6) is 0 Å². The second-order valence-corrected chi connectivity index (χ2v) is 7.99. The van der Waals surface area contributed by atoms with Crippen molar-refractivity contribution < 1.29 is 9.53 Å². The fraction of sp³-hybridized carbons (Fsp3) is 0.333. The first-order valence-corrected chi connectivity index (χ1v) is 10.4. The molecule has 0 aliphatic heterocycles. The lowest BCUT2D eigenvalue weighted by atomic mass is 9.88. The Morgan fingerprint density at radius 1 is 1.14 bits per heavy atom. The molecule has 1 aliphatic carbocycles. The lowest BCUT2D eigenvalue weighted by Gasteiger charge is -2.33. The minimum absolute atomic E-state index is 0.285. The quantitative estimate of drug-likeness (QED) is 0.449. The van der Waals surface area contributed by atoms with Crippen LogP contribution in [-0.4, -0.2) is 17.7 Å². The SMILES string of the molecule is CCOC(=O)c1cc(NC(=S)NC2(c3ccccc3Cl)CCCC2)ccc1Cl. The monoisotopic (exact) mass is 436 g/mol. The number of rotatable bonds is 5. The van der Waals surface area contributed by atoms with Gasteiger partial charge in [-0.15, -0.1) is 0 Å². The van der Waals surface area contributed by atoms with E-state index in [1.165, 1.54) is 0 Å². The van der Waals surface area contributed by atoms with Crippen LogP contribution in [0, 0.1) is 0 Å². The van der Waals surface area contributed by atoms with Crippen LogP contribution in [0.3, 0.4) is 0 Å². The third-order valence-electron chi connectivity index (χ3n) is 4.92. The number of esters is 1. The molecule has 0 amide bonds. The van der Waals surface area contributed by atoms with Gasteiger partial charge in [-0.1, -0.05) is 54.2 Å². The number of hydrogen-bond donors (Lipinski definition) is 2. The lowest BCUT2D eigenvalue weighted by Crippen LogP contribution is -2.45. The molecule has 0 heterocycles. The molecule has 1 aliphatic rings. The summed E-state index contributed by atoms with van der Waals surface area (Å²) in [6.07, 6.45) is 4.12. The Morgan fingerprint density at radius 2 is 1.86 bits per heavy atom. The van der Waals surface area contributed by atoms with Gasteiger partial charge in [0.1, 0.15) is 0 Å². The predicted molar refractivity (Wildman–Crippen MR) is 118 cm³/mol. The zero-order chi connectivity index (χ0) is 20.1. The number of hydrogen-bond acceptors (Lipinski definition) is 3. The number of nitrogens with one attached hydrogen (secondary N) is 2. The van der Waals surface area contributed by atoms with E-state index in [1.807, 2.05) is 24.3 Å². The Morgan fingerprint density at radius 3 is 2.54 bits per heavy atom. The molecule has 0 radical (unpaired) electrons. The second kappa shape index (κ2) is 9.12. The summed E-state index contributed by atoms with van der Waals surface area (Å²) in [5.41, 5.74) is 1.73. The van der Waals surface area contributed by atoms with Crippen LogP contribution in [0.15, 0.2) is 42.5 Å². The molecule has 0 saturated heterocycles. The van der Waals surface area contributed by atoms with Crippen molar-refractivity contribution in [2.24, 2.45) is 0 Å². The highest BCUT2D eigenvalue weighted by Crippen LogP contribution is 2.41. The number of halogens is 2. The molecular weight excluding hydrogens is 415 g/mol. The van der Waals surface area contributed by atoms with Crippen molar-refractivity contribution in [3.05, 3.63) is 63.6 Å². The number of carbonyl (C=O) groups is 1. The number of anilines is 1. The van der Waals surface area contributed by atoms with Crippen LogP contribution < -0.4 is 10.6 Å². The van der Waals surface area contributed by atoms with E-state index in [1.54, 1.807) is 25.1 Å². The van der Waals surface area contributed by atoms with Crippen molar-refractivity contribution in [2.75, 3.05) is 11.9 Å². The molecule has 0 unspecified atom stereocenters. The normalized spacial score (nSPS) is 15.1. The van der Waals surface area contributed by atoms with Crippen LogP contribution in [-0.2, 0) is 10.3 Å². The van der Waals surface area contributed by atoms with Gasteiger partial charge in [0.05, 0.1) is 22.7 Å². The first-order chi connectivity index (χ1) is 13.4. The molecule has 148 valence electrons. The molecule has 2 aromatic rings. The fourth-order valence-electron chi connectivity index (χ4n) is 3.64. The van der Waals surface area contributed by atoms with Gasteiger partial charge in [-0.2, -0.15) is 0 Å². The Balaban J connectivity index is 1.79. The van der Waals surface area contributed by atoms with Gasteiger partial charge in [-0.05, 0) is 61.8 Å². The maximum absolute atomic E-state index is 12.1. The summed E-state index contributed by atoms with van der Waals surface area (Å²) in [5.74, 6) is -0.460. The zero-order valence-corrected chi connectivity index (χ0v) is 17.9. The first kappa shape index (κ1) is 20.9. The topological polar surface area (TPSA) is 50.4 Å². The minimum Gasteiger partial charge on any atom is -0.462 e. The van der Waals surface area contributed by atoms with Gasteiger partial charge in [-0.3, -0.25) is 0 Å². The zero-order valence-electron chi connectivity index (χ0n) is 15.6. The van der Waals surface area contributed by atoms with E-state index in [9.17, 15) is 4.79 Å². The molecule has 7 heteroatoms. The summed E-state index contributed by atoms with van der Waals surface area (Å²) in [6.45, 7) is 2.04. The van der Waals surface area contributed by atoms with E-state index in [2.05, 4.69) is 10.6 Å². The molecule has 28 heavy (non-hydrogen) atoms. The average molecular weight is 437 g/mol. The lowest BCUT2D eigenvalue weighted by molar-refractivity contribution is 0.0526. The summed E-state index contributed by atoms with van der Waals surface area (Å²) >= 11 is 18.2. The molecule has 2 N–H and O–H groups in total. The molecule has 0 bridgehead atoms. The predicted octanol–water partition coefficient (Wildman–Crippen LogP) is 5.93. The van der Waals surface area contributed by atoms with Crippen LogP contribution in [0.4, 0.5) is 5.69 Å². The number of thiocarbonyl (C=S) groups is 1. The van der Waals surface area contributed by atoms with Gasteiger partial charge in [0, 0.05) is 10.7 Å². The van der Waals surface area contributed by atoms with E-state index >= 15 is 0 Å². The van der Waals surface area contributed by atoms with Gasteiger partial charge in [0.2, 0.25) is 0 Å². The van der Waals surface area contributed by atoms with Crippen LogP contribution in [0.2, 0.25) is 10.0 Å². The Bertz CT molecular complexity index is 882. The molecule has 3 rings (SSSR count). The molecule has 1 saturated carbocycles. The number of ether oxygens (including phenoxy) is 1. The first-order valence-electron chi connectivity index (χ1n) is 9.26. The molecule has 0 atom stereocenters. The van der Waals surface area contributed by atoms with Crippen molar-refractivity contribution in [3.63, 3.8) is 0 Å². The highest BCUT2D eigenvalue weighted by atomic mass is 35.5. The maximum Gasteiger partial charge on any atom is 0.339 e. The summed E-state index contributed by atoms with van der Waals surface area (Å²) in [6, 6.07) is 12.9. The van der Waals surface area contributed by atoms with E-state index in [-0.39, 0.29) is 12.1 Å². The standard InChI is InChI=1S/C21H22Cl2N2O2S/c1-2-27-19(26)15-13-14(9-10-17(15)22)24-20(28)25-21(11-5-6-12-21)16-7-3-4-8-18(16)23/h3-4,7-10,13H,2,5-6,11-12H2,1H3,(H2,24,25,28). The van der Waals surface area contributed by atoms with Crippen molar-refractivity contribution >= 4 is 52.2 Å². The molecule has 1 fully saturated rings. The fourth-order valence-corrected chi connectivity index (χ4v) is 4.46. The summed E-state index contributed by atoms with van der Waals surface area (Å²) < 4.78 is 5.05. The highest BCUT2D eigenvalue weighted by molar-refractivity contribution is 7.80. The second-order valence-electron chi connectivity index (χ2n) is 6.76. The Hall–Kier alpha value is -1.82. The van der Waals surface area contributed by atoms with Gasteiger partial charge >= 0.3 is 5.97 Å². The Labute approximate surface area is 180 Å². The summed E-state index contributed by atoms with van der Waals surface area (Å²) in [4.78, 5) is 12.1. The minimum atomic E-state index is -0.460. The van der Waals surface area contributed by atoms with Crippen LogP contribution in [0.1, 0.15) is 48.5 Å².